The van der Waals surface area contributed by atoms with Crippen LogP contribution in [0.5, 0.6) is 0 Å². The molecule has 0 saturated heterocycles. The molecule has 78 valence electrons. The van der Waals surface area contributed by atoms with Crippen molar-refractivity contribution >= 4 is 0 Å². The van der Waals surface area contributed by atoms with Gasteiger partial charge in [0.15, 0.2) is 0 Å². The van der Waals surface area contributed by atoms with Crippen molar-refractivity contribution in [1.29, 1.82) is 5.26 Å². The third kappa shape index (κ3) is 2.77. The van der Waals surface area contributed by atoms with Crippen LogP contribution in [-0.4, -0.2) is 11.5 Å². The van der Waals surface area contributed by atoms with E-state index >= 15 is 0 Å². The van der Waals surface area contributed by atoms with E-state index in [2.05, 4.69) is 16.4 Å². The Morgan fingerprint density at radius 1 is 1.47 bits per heavy atom. The quantitative estimate of drug-likeness (QED) is 0.791. The van der Waals surface area contributed by atoms with E-state index in [4.69, 9.17) is 5.26 Å². The summed E-state index contributed by atoms with van der Waals surface area (Å²) in [7, 11) is 0. The zero-order chi connectivity index (χ0) is 10.6. The van der Waals surface area contributed by atoms with E-state index < -0.39 is 0 Å². The second-order valence-electron chi connectivity index (χ2n) is 4.26. The molecule has 1 aromatic rings. The third-order valence-electron chi connectivity index (χ3n) is 2.94. The predicted molar refractivity (Wildman–Crippen MR) is 57.8 cm³/mol. The van der Waals surface area contributed by atoms with Gasteiger partial charge in [-0.3, -0.25) is 4.98 Å². The topological polar surface area (TPSA) is 48.7 Å². The van der Waals surface area contributed by atoms with Gasteiger partial charge in [0, 0.05) is 25.7 Å². The largest absolute Gasteiger partial charge is 0.311 e. The summed E-state index contributed by atoms with van der Waals surface area (Å²) < 4.78 is 0. The van der Waals surface area contributed by atoms with Crippen LogP contribution in [0.25, 0.3) is 0 Å². The first-order valence-corrected chi connectivity index (χ1v) is 5.32. The van der Waals surface area contributed by atoms with Crippen molar-refractivity contribution in [3.8, 4) is 6.07 Å². The lowest BCUT2D eigenvalue weighted by Crippen LogP contribution is -2.23. The Kier molecular flexibility index (Phi) is 2.98. The number of hydrogen-bond donors (Lipinski definition) is 1. The van der Waals surface area contributed by atoms with Crippen LogP contribution in [-0.2, 0) is 6.54 Å². The van der Waals surface area contributed by atoms with Crippen molar-refractivity contribution in [2.75, 3.05) is 6.54 Å². The highest BCUT2D eigenvalue weighted by Gasteiger charge is 2.41. The van der Waals surface area contributed by atoms with Crippen molar-refractivity contribution in [1.82, 2.24) is 10.3 Å². The van der Waals surface area contributed by atoms with Gasteiger partial charge < -0.3 is 5.32 Å². The highest BCUT2D eigenvalue weighted by atomic mass is 14.9. The van der Waals surface area contributed by atoms with Gasteiger partial charge in [0.25, 0.3) is 0 Å². The Hall–Kier alpha value is -1.40. The lowest BCUT2D eigenvalue weighted by molar-refractivity contribution is 0.464. The number of hydrogen-bond acceptors (Lipinski definition) is 3. The molecule has 0 radical (unpaired) electrons. The minimum absolute atomic E-state index is 0.281. The van der Waals surface area contributed by atoms with Gasteiger partial charge in [0.2, 0.25) is 0 Å². The van der Waals surface area contributed by atoms with E-state index in [0.717, 1.165) is 18.8 Å². The molecular weight excluding hydrogens is 186 g/mol. The first kappa shape index (κ1) is 10.1. The molecule has 1 fully saturated rings. The molecule has 3 nitrogen and oxygen atoms in total. The van der Waals surface area contributed by atoms with E-state index in [-0.39, 0.29) is 5.41 Å². The molecule has 1 aliphatic rings. The average Bonchev–Trinajstić information content (AvgIpc) is 3.00. The molecule has 1 heterocycles. The summed E-state index contributed by atoms with van der Waals surface area (Å²) in [5.41, 5.74) is 1.34. The van der Waals surface area contributed by atoms with Crippen molar-refractivity contribution in [3.05, 3.63) is 30.1 Å². The smallest absolute Gasteiger partial charge is 0.0628 e. The molecule has 15 heavy (non-hydrogen) atoms. The average molecular weight is 201 g/mol. The maximum Gasteiger partial charge on any atom is 0.0628 e. The molecule has 0 aliphatic heterocycles. The maximum atomic E-state index is 8.67. The van der Waals surface area contributed by atoms with Crippen LogP contribution in [0.1, 0.15) is 25.0 Å². The van der Waals surface area contributed by atoms with E-state index in [9.17, 15) is 0 Å². The molecule has 1 saturated carbocycles. The van der Waals surface area contributed by atoms with Gasteiger partial charge in [-0.25, -0.2) is 0 Å². The third-order valence-corrected chi connectivity index (χ3v) is 2.94. The molecule has 1 N–H and O–H groups in total. The Balaban J connectivity index is 1.74. The van der Waals surface area contributed by atoms with E-state index in [0.29, 0.717) is 6.42 Å². The lowest BCUT2D eigenvalue weighted by Gasteiger charge is -2.11. The van der Waals surface area contributed by atoms with Gasteiger partial charge in [0.05, 0.1) is 11.8 Å². The van der Waals surface area contributed by atoms with Gasteiger partial charge in [-0.15, -0.1) is 0 Å². The number of pyridine rings is 1. The van der Waals surface area contributed by atoms with Crippen LogP contribution in [0.3, 0.4) is 0 Å². The SMILES string of the molecule is N#CCC1(CNCc2ccccn2)CC1. The monoisotopic (exact) mass is 201 g/mol. The second-order valence-corrected chi connectivity index (χ2v) is 4.26. The van der Waals surface area contributed by atoms with Crippen molar-refractivity contribution in [2.45, 2.75) is 25.8 Å². The number of nitrogens with zero attached hydrogens (tertiary/aromatic N) is 2. The van der Waals surface area contributed by atoms with Crippen molar-refractivity contribution in [3.63, 3.8) is 0 Å². The minimum Gasteiger partial charge on any atom is -0.311 e. The summed E-state index contributed by atoms with van der Waals surface area (Å²) >= 11 is 0. The lowest BCUT2D eigenvalue weighted by atomic mass is 10.0. The molecular formula is C12H15N3. The molecule has 1 aliphatic carbocycles. The Labute approximate surface area is 90.1 Å². The van der Waals surface area contributed by atoms with E-state index in [1.165, 1.54) is 12.8 Å². The standard InChI is InChI=1S/C12H15N3/c13-7-6-12(4-5-12)10-14-9-11-3-1-2-8-15-11/h1-3,8,14H,4-6,9-10H2. The molecule has 0 spiro atoms. The van der Waals surface area contributed by atoms with Gasteiger partial charge in [0.1, 0.15) is 0 Å². The molecule has 1 aromatic heterocycles. The highest BCUT2D eigenvalue weighted by Crippen LogP contribution is 2.47. The first-order chi connectivity index (χ1) is 7.35. The summed E-state index contributed by atoms with van der Waals surface area (Å²) in [6.07, 6.45) is 4.87. The second kappa shape index (κ2) is 4.41. The summed E-state index contributed by atoms with van der Waals surface area (Å²) in [5.74, 6) is 0. The number of aromatic nitrogens is 1. The Morgan fingerprint density at radius 3 is 2.93 bits per heavy atom. The number of nitriles is 1. The van der Waals surface area contributed by atoms with Crippen LogP contribution in [0.2, 0.25) is 0 Å². The van der Waals surface area contributed by atoms with Gasteiger partial charge >= 0.3 is 0 Å². The van der Waals surface area contributed by atoms with Crippen LogP contribution >= 0.6 is 0 Å². The Bertz CT molecular complexity index is 349. The molecule has 0 atom stereocenters. The zero-order valence-corrected chi connectivity index (χ0v) is 8.74. The van der Waals surface area contributed by atoms with Crippen LogP contribution in [0.4, 0.5) is 0 Å². The minimum atomic E-state index is 0.281. The zero-order valence-electron chi connectivity index (χ0n) is 8.74. The first-order valence-electron chi connectivity index (χ1n) is 5.32. The summed E-state index contributed by atoms with van der Waals surface area (Å²) in [4.78, 5) is 4.24. The molecule has 2 rings (SSSR count). The highest BCUT2D eigenvalue weighted by molar-refractivity contribution is 5.04. The number of nitrogens with one attached hydrogen (secondary N) is 1. The van der Waals surface area contributed by atoms with E-state index in [1.807, 2.05) is 18.2 Å². The van der Waals surface area contributed by atoms with Crippen molar-refractivity contribution in [2.24, 2.45) is 5.41 Å². The fourth-order valence-corrected chi connectivity index (χ4v) is 1.72. The predicted octanol–water partition coefficient (Wildman–Crippen LogP) is 1.87. The van der Waals surface area contributed by atoms with Gasteiger partial charge in [-0.05, 0) is 30.4 Å². The van der Waals surface area contributed by atoms with Crippen LogP contribution in [0, 0.1) is 16.7 Å². The number of rotatable bonds is 5. The molecule has 0 aromatic carbocycles. The maximum absolute atomic E-state index is 8.67. The molecule has 0 amide bonds. The van der Waals surface area contributed by atoms with Gasteiger partial charge in [-0.1, -0.05) is 6.07 Å². The Morgan fingerprint density at radius 2 is 2.33 bits per heavy atom. The fraction of sp³-hybridized carbons (Fsp3) is 0.500. The summed E-state index contributed by atoms with van der Waals surface area (Å²) in [5, 5.41) is 12.0. The normalized spacial score (nSPS) is 17.0. The van der Waals surface area contributed by atoms with Crippen molar-refractivity contribution < 1.29 is 0 Å². The van der Waals surface area contributed by atoms with E-state index in [1.54, 1.807) is 6.20 Å². The van der Waals surface area contributed by atoms with Crippen LogP contribution < -0.4 is 5.32 Å². The fourth-order valence-electron chi connectivity index (χ4n) is 1.72. The molecule has 3 heteroatoms. The van der Waals surface area contributed by atoms with Gasteiger partial charge in [-0.2, -0.15) is 5.26 Å². The molecule has 0 unspecified atom stereocenters. The summed E-state index contributed by atoms with van der Waals surface area (Å²) in [6.45, 7) is 1.74. The van der Waals surface area contributed by atoms with Crippen LogP contribution in [0.15, 0.2) is 24.4 Å². The summed E-state index contributed by atoms with van der Waals surface area (Å²) in [6, 6.07) is 8.18. The molecule has 0 bridgehead atoms.